The second-order valence-corrected chi connectivity index (χ2v) is 8.30. The van der Waals surface area contributed by atoms with Crippen molar-refractivity contribution in [3.05, 3.63) is 23.9 Å². The lowest BCUT2D eigenvalue weighted by Crippen LogP contribution is -2.41. The molecule has 0 radical (unpaired) electrons. The molecule has 6 nitrogen and oxygen atoms in total. The van der Waals surface area contributed by atoms with Gasteiger partial charge in [0.2, 0.25) is 0 Å². The summed E-state index contributed by atoms with van der Waals surface area (Å²) in [6.07, 6.45) is 9.66. The fourth-order valence-electron chi connectivity index (χ4n) is 4.61. The molecule has 1 N–H and O–H groups in total. The summed E-state index contributed by atoms with van der Waals surface area (Å²) in [6, 6.07) is 4.37. The highest BCUT2D eigenvalue weighted by molar-refractivity contribution is 5.80. The molecule has 1 unspecified atom stereocenters. The number of hydrogen-bond acceptors (Lipinski definition) is 4. The first-order chi connectivity index (χ1) is 13.3. The Hall–Kier alpha value is -1.82. The van der Waals surface area contributed by atoms with Crippen molar-refractivity contribution < 1.29 is 4.74 Å². The normalized spacial score (nSPS) is 26.6. The van der Waals surface area contributed by atoms with Crippen LogP contribution in [0.15, 0.2) is 23.3 Å². The molecule has 3 fully saturated rings. The number of hydrogen-bond donors (Lipinski definition) is 1. The van der Waals surface area contributed by atoms with Gasteiger partial charge in [0, 0.05) is 58.0 Å². The van der Waals surface area contributed by atoms with E-state index in [0.29, 0.717) is 5.41 Å². The summed E-state index contributed by atoms with van der Waals surface area (Å²) in [7, 11) is 1.87. The molecule has 6 heteroatoms. The molecular weight excluding hydrogens is 338 g/mol. The minimum Gasteiger partial charge on any atom is -0.381 e. The number of guanidine groups is 1. The summed E-state index contributed by atoms with van der Waals surface area (Å²) in [5.74, 6) is 2.11. The Kier molecular flexibility index (Phi) is 5.81. The van der Waals surface area contributed by atoms with E-state index in [1.807, 2.05) is 13.2 Å². The molecule has 0 bridgehead atoms. The maximum Gasteiger partial charge on any atom is 0.193 e. The average molecular weight is 372 g/mol. The van der Waals surface area contributed by atoms with Crippen LogP contribution in [0.25, 0.3) is 0 Å². The van der Waals surface area contributed by atoms with E-state index in [0.717, 1.165) is 57.7 Å². The van der Waals surface area contributed by atoms with Crippen molar-refractivity contribution in [2.45, 2.75) is 45.1 Å². The summed E-state index contributed by atoms with van der Waals surface area (Å²) < 4.78 is 5.64. The summed E-state index contributed by atoms with van der Waals surface area (Å²) in [5, 5.41) is 3.52. The SMILES string of the molecule is CN=C(NCc1ccc(N2CCCCCC2)nc1)N1CCC2(CCOC2)C1. The molecule has 1 spiro atoms. The third kappa shape index (κ3) is 4.37. The van der Waals surface area contributed by atoms with Crippen molar-refractivity contribution in [3.8, 4) is 0 Å². The molecule has 1 aromatic heterocycles. The first-order valence-electron chi connectivity index (χ1n) is 10.5. The summed E-state index contributed by atoms with van der Waals surface area (Å²) in [6.45, 7) is 6.97. The van der Waals surface area contributed by atoms with E-state index in [4.69, 9.17) is 9.72 Å². The van der Waals surface area contributed by atoms with Gasteiger partial charge in [0.05, 0.1) is 6.61 Å². The third-order valence-corrected chi connectivity index (χ3v) is 6.32. The molecule has 0 aromatic carbocycles. The van der Waals surface area contributed by atoms with E-state index in [-0.39, 0.29) is 0 Å². The van der Waals surface area contributed by atoms with Gasteiger partial charge in [0.15, 0.2) is 5.96 Å². The summed E-state index contributed by atoms with van der Waals surface area (Å²) in [4.78, 5) is 14.0. The van der Waals surface area contributed by atoms with Crippen LogP contribution in [-0.4, -0.2) is 62.3 Å². The molecule has 1 aromatic rings. The van der Waals surface area contributed by atoms with Crippen molar-refractivity contribution in [3.63, 3.8) is 0 Å². The van der Waals surface area contributed by atoms with Crippen LogP contribution in [0.2, 0.25) is 0 Å². The molecule has 0 saturated carbocycles. The lowest BCUT2D eigenvalue weighted by molar-refractivity contribution is 0.156. The lowest BCUT2D eigenvalue weighted by Gasteiger charge is -2.25. The van der Waals surface area contributed by atoms with Gasteiger partial charge in [-0.15, -0.1) is 0 Å². The second kappa shape index (κ2) is 8.46. The fourth-order valence-corrected chi connectivity index (χ4v) is 4.61. The van der Waals surface area contributed by atoms with Gasteiger partial charge in [-0.1, -0.05) is 18.9 Å². The Morgan fingerprint density at radius 3 is 2.70 bits per heavy atom. The van der Waals surface area contributed by atoms with Crippen LogP contribution < -0.4 is 10.2 Å². The van der Waals surface area contributed by atoms with Crippen LogP contribution in [0.1, 0.15) is 44.1 Å². The topological polar surface area (TPSA) is 53.0 Å². The number of nitrogens with zero attached hydrogens (tertiary/aromatic N) is 4. The van der Waals surface area contributed by atoms with E-state index in [1.54, 1.807) is 0 Å². The molecule has 0 aliphatic carbocycles. The number of ether oxygens (including phenoxy) is 1. The van der Waals surface area contributed by atoms with Gasteiger partial charge in [-0.25, -0.2) is 4.98 Å². The van der Waals surface area contributed by atoms with Gasteiger partial charge in [-0.3, -0.25) is 4.99 Å². The molecule has 0 amide bonds. The maximum atomic E-state index is 5.64. The van der Waals surface area contributed by atoms with Crippen LogP contribution in [0.4, 0.5) is 5.82 Å². The van der Waals surface area contributed by atoms with Crippen molar-refractivity contribution in [2.24, 2.45) is 10.4 Å². The first kappa shape index (κ1) is 18.5. The zero-order valence-electron chi connectivity index (χ0n) is 16.6. The molecule has 3 aliphatic rings. The van der Waals surface area contributed by atoms with Gasteiger partial charge in [0.25, 0.3) is 0 Å². The van der Waals surface area contributed by atoms with Crippen LogP contribution in [-0.2, 0) is 11.3 Å². The number of rotatable bonds is 3. The number of likely N-dealkylation sites (tertiary alicyclic amines) is 1. The zero-order chi connectivity index (χ0) is 18.5. The Balaban J connectivity index is 1.31. The summed E-state index contributed by atoms with van der Waals surface area (Å²) in [5.41, 5.74) is 1.56. The highest BCUT2D eigenvalue weighted by Crippen LogP contribution is 2.38. The highest BCUT2D eigenvalue weighted by atomic mass is 16.5. The maximum absolute atomic E-state index is 5.64. The average Bonchev–Trinajstić information content (AvgIpc) is 3.24. The summed E-state index contributed by atoms with van der Waals surface area (Å²) >= 11 is 0. The third-order valence-electron chi connectivity index (χ3n) is 6.32. The minimum atomic E-state index is 0.355. The van der Waals surface area contributed by atoms with Crippen molar-refractivity contribution in [2.75, 3.05) is 51.3 Å². The molecule has 3 saturated heterocycles. The largest absolute Gasteiger partial charge is 0.381 e. The van der Waals surface area contributed by atoms with Gasteiger partial charge in [0.1, 0.15) is 5.82 Å². The lowest BCUT2D eigenvalue weighted by atomic mass is 9.87. The van der Waals surface area contributed by atoms with Crippen LogP contribution in [0.5, 0.6) is 0 Å². The Bertz CT molecular complexity index is 630. The van der Waals surface area contributed by atoms with Crippen LogP contribution in [0.3, 0.4) is 0 Å². The second-order valence-electron chi connectivity index (χ2n) is 8.30. The highest BCUT2D eigenvalue weighted by Gasteiger charge is 2.42. The van der Waals surface area contributed by atoms with E-state index in [2.05, 4.69) is 32.2 Å². The molecule has 1 atom stereocenters. The predicted octanol–water partition coefficient (Wildman–Crippen LogP) is 2.65. The minimum absolute atomic E-state index is 0.355. The van der Waals surface area contributed by atoms with E-state index < -0.39 is 0 Å². The Morgan fingerprint density at radius 1 is 1.19 bits per heavy atom. The number of pyridine rings is 1. The number of aliphatic imine (C=N–C) groups is 1. The van der Waals surface area contributed by atoms with Gasteiger partial charge < -0.3 is 19.9 Å². The Labute approximate surface area is 163 Å². The fraction of sp³-hybridized carbons (Fsp3) is 0.714. The van der Waals surface area contributed by atoms with Gasteiger partial charge in [-0.2, -0.15) is 0 Å². The smallest absolute Gasteiger partial charge is 0.193 e. The molecule has 27 heavy (non-hydrogen) atoms. The molecule has 3 aliphatic heterocycles. The molecular formula is C21H33N5O. The van der Waals surface area contributed by atoms with E-state index >= 15 is 0 Å². The van der Waals surface area contributed by atoms with Crippen molar-refractivity contribution in [1.29, 1.82) is 0 Å². The standard InChI is InChI=1S/C21H33N5O/c1-22-20(26-12-8-21(16-26)9-13-27-17-21)24-15-18-6-7-19(23-14-18)25-10-4-2-3-5-11-25/h6-7,14H,2-5,8-13,15-17H2,1H3,(H,22,24). The monoisotopic (exact) mass is 371 g/mol. The van der Waals surface area contributed by atoms with Crippen molar-refractivity contribution in [1.82, 2.24) is 15.2 Å². The quantitative estimate of drug-likeness (QED) is 0.654. The van der Waals surface area contributed by atoms with Gasteiger partial charge in [-0.05, 0) is 37.3 Å². The van der Waals surface area contributed by atoms with Crippen LogP contribution in [0, 0.1) is 5.41 Å². The van der Waals surface area contributed by atoms with E-state index in [1.165, 1.54) is 44.1 Å². The predicted molar refractivity (Wildman–Crippen MR) is 109 cm³/mol. The number of anilines is 1. The zero-order valence-corrected chi connectivity index (χ0v) is 16.6. The van der Waals surface area contributed by atoms with E-state index in [9.17, 15) is 0 Å². The Morgan fingerprint density at radius 2 is 2.04 bits per heavy atom. The van der Waals surface area contributed by atoms with Crippen LogP contribution >= 0.6 is 0 Å². The van der Waals surface area contributed by atoms with Gasteiger partial charge >= 0.3 is 0 Å². The number of nitrogens with one attached hydrogen (secondary N) is 1. The number of aromatic nitrogens is 1. The molecule has 4 heterocycles. The molecule has 148 valence electrons. The molecule has 4 rings (SSSR count). The van der Waals surface area contributed by atoms with Crippen molar-refractivity contribution >= 4 is 11.8 Å². The first-order valence-corrected chi connectivity index (χ1v) is 10.5.